The summed E-state index contributed by atoms with van der Waals surface area (Å²) in [5.41, 5.74) is 6.87. The first kappa shape index (κ1) is 11.9. The highest BCUT2D eigenvalue weighted by Gasteiger charge is 2.35. The van der Waals surface area contributed by atoms with Crippen molar-refractivity contribution in [2.75, 3.05) is 5.73 Å². The predicted molar refractivity (Wildman–Crippen MR) is 65.2 cm³/mol. The molecule has 0 aromatic heterocycles. The van der Waals surface area contributed by atoms with Crippen LogP contribution < -0.4 is 5.73 Å². The van der Waals surface area contributed by atoms with Crippen LogP contribution in [0.4, 0.5) is 5.69 Å². The largest absolute Gasteiger partial charge is 0.399 e. The zero-order chi connectivity index (χ0) is 12.6. The van der Waals surface area contributed by atoms with Crippen molar-refractivity contribution in [1.82, 2.24) is 4.90 Å². The van der Waals surface area contributed by atoms with E-state index >= 15 is 0 Å². The van der Waals surface area contributed by atoms with Crippen LogP contribution in [0.5, 0.6) is 0 Å². The van der Waals surface area contributed by atoms with Gasteiger partial charge in [0, 0.05) is 23.0 Å². The summed E-state index contributed by atoms with van der Waals surface area (Å²) in [6.07, 6.45) is 0.283. The van der Waals surface area contributed by atoms with Crippen molar-refractivity contribution in [1.29, 1.82) is 0 Å². The monoisotopic (exact) mass is 252 g/mol. The summed E-state index contributed by atoms with van der Waals surface area (Å²) in [6.45, 7) is 1.98. The first-order valence-corrected chi connectivity index (χ1v) is 5.75. The van der Waals surface area contributed by atoms with E-state index in [9.17, 15) is 9.59 Å². The van der Waals surface area contributed by atoms with Crippen LogP contribution in [0.25, 0.3) is 0 Å². The van der Waals surface area contributed by atoms with Gasteiger partial charge in [0.15, 0.2) is 0 Å². The maximum Gasteiger partial charge on any atom is 0.232 e. The summed E-state index contributed by atoms with van der Waals surface area (Å²) < 4.78 is 0. The average molecular weight is 253 g/mol. The lowest BCUT2D eigenvalue weighted by Crippen LogP contribution is -2.29. The van der Waals surface area contributed by atoms with Gasteiger partial charge in [-0.1, -0.05) is 24.6 Å². The van der Waals surface area contributed by atoms with Crippen LogP contribution in [0.15, 0.2) is 18.2 Å². The van der Waals surface area contributed by atoms with Crippen LogP contribution >= 0.6 is 11.6 Å². The lowest BCUT2D eigenvalue weighted by molar-refractivity contribution is -0.139. The summed E-state index contributed by atoms with van der Waals surface area (Å²) in [5, 5.41) is 0.477. The van der Waals surface area contributed by atoms with Crippen molar-refractivity contribution in [3.8, 4) is 0 Å². The van der Waals surface area contributed by atoms with Gasteiger partial charge in [-0.05, 0) is 17.7 Å². The molecular weight excluding hydrogens is 240 g/mol. The fourth-order valence-corrected chi connectivity index (χ4v) is 2.13. The molecule has 1 heterocycles. The Morgan fingerprint density at radius 3 is 2.71 bits per heavy atom. The highest BCUT2D eigenvalue weighted by Crippen LogP contribution is 2.25. The number of halogens is 1. The molecule has 2 amide bonds. The number of nitrogens with zero attached hydrogens (tertiary/aromatic N) is 1. The molecule has 0 bridgehead atoms. The highest BCUT2D eigenvalue weighted by molar-refractivity contribution is 6.31. The van der Waals surface area contributed by atoms with E-state index in [2.05, 4.69) is 0 Å². The lowest BCUT2D eigenvalue weighted by atomic mass is 10.1. The zero-order valence-corrected chi connectivity index (χ0v) is 10.2. The second kappa shape index (κ2) is 4.37. The maximum atomic E-state index is 11.7. The van der Waals surface area contributed by atoms with Crippen molar-refractivity contribution in [3.63, 3.8) is 0 Å². The number of likely N-dealkylation sites (tertiary alicyclic amines) is 1. The Kier molecular flexibility index (Phi) is 3.07. The van der Waals surface area contributed by atoms with Crippen LogP contribution in [-0.4, -0.2) is 16.7 Å². The Hall–Kier alpha value is -1.55. The number of rotatable bonds is 2. The Bertz CT molecular complexity index is 487. The minimum atomic E-state index is -0.227. The molecule has 1 aromatic rings. The van der Waals surface area contributed by atoms with Gasteiger partial charge in [0.1, 0.15) is 0 Å². The van der Waals surface area contributed by atoms with Crippen molar-refractivity contribution in [2.45, 2.75) is 19.9 Å². The van der Waals surface area contributed by atoms with Crippen molar-refractivity contribution >= 4 is 29.1 Å². The molecule has 0 aliphatic carbocycles. The number of nitrogen functional groups attached to an aromatic ring is 1. The number of imide groups is 1. The molecule has 1 saturated heterocycles. The second-order valence-corrected chi connectivity index (χ2v) is 4.68. The minimum absolute atomic E-state index is 0.136. The quantitative estimate of drug-likeness (QED) is 0.645. The molecular formula is C12H13ClN2O2. The van der Waals surface area contributed by atoms with Crippen LogP contribution in [0.3, 0.4) is 0 Å². The fraction of sp³-hybridized carbons (Fsp3) is 0.333. The molecule has 2 rings (SSSR count). The van der Waals surface area contributed by atoms with Gasteiger partial charge in [0.2, 0.25) is 11.8 Å². The lowest BCUT2D eigenvalue weighted by Gasteiger charge is -2.15. The van der Waals surface area contributed by atoms with E-state index in [1.54, 1.807) is 25.1 Å². The Morgan fingerprint density at radius 1 is 1.47 bits per heavy atom. The number of carbonyl (C=O) groups is 2. The molecule has 1 aliphatic heterocycles. The first-order chi connectivity index (χ1) is 7.99. The van der Waals surface area contributed by atoms with Crippen molar-refractivity contribution in [3.05, 3.63) is 28.8 Å². The summed E-state index contributed by atoms with van der Waals surface area (Å²) in [4.78, 5) is 24.6. The van der Waals surface area contributed by atoms with Crippen LogP contribution in [0.2, 0.25) is 5.02 Å². The molecule has 90 valence electrons. The molecule has 5 heteroatoms. The molecule has 0 spiro atoms. The van der Waals surface area contributed by atoms with Gasteiger partial charge in [-0.2, -0.15) is 0 Å². The summed E-state index contributed by atoms with van der Waals surface area (Å²) in [7, 11) is 0. The Labute approximate surface area is 104 Å². The van der Waals surface area contributed by atoms with E-state index in [-0.39, 0.29) is 30.7 Å². The van der Waals surface area contributed by atoms with Crippen LogP contribution in [0.1, 0.15) is 18.9 Å². The van der Waals surface area contributed by atoms with Crippen LogP contribution in [-0.2, 0) is 16.1 Å². The van der Waals surface area contributed by atoms with E-state index in [0.717, 1.165) is 5.56 Å². The summed E-state index contributed by atoms with van der Waals surface area (Å²) in [6, 6.07) is 5.06. The van der Waals surface area contributed by atoms with Crippen LogP contribution in [0, 0.1) is 5.92 Å². The van der Waals surface area contributed by atoms with E-state index in [4.69, 9.17) is 17.3 Å². The Balaban J connectivity index is 2.21. The third-order valence-corrected chi connectivity index (χ3v) is 3.23. The minimum Gasteiger partial charge on any atom is -0.399 e. The van der Waals surface area contributed by atoms with E-state index in [1.807, 2.05) is 0 Å². The molecule has 0 radical (unpaired) electrons. The SMILES string of the molecule is CC1CC(=O)N(Cc2ccc(N)cc2Cl)C1=O. The maximum absolute atomic E-state index is 11.7. The number of anilines is 1. The van der Waals surface area contributed by atoms with Gasteiger partial charge in [0.05, 0.1) is 6.54 Å². The number of hydrogen-bond acceptors (Lipinski definition) is 3. The molecule has 4 nitrogen and oxygen atoms in total. The average Bonchev–Trinajstić information content (AvgIpc) is 2.48. The standard InChI is InChI=1S/C12H13ClN2O2/c1-7-4-11(16)15(12(7)17)6-8-2-3-9(14)5-10(8)13/h2-3,5,7H,4,6,14H2,1H3. The Morgan fingerprint density at radius 2 is 2.18 bits per heavy atom. The molecule has 1 aromatic carbocycles. The van der Waals surface area contributed by atoms with Crippen molar-refractivity contribution < 1.29 is 9.59 Å². The van der Waals surface area contributed by atoms with Gasteiger partial charge in [-0.25, -0.2) is 0 Å². The molecule has 2 N–H and O–H groups in total. The normalized spacial score (nSPS) is 20.1. The van der Waals surface area contributed by atoms with Gasteiger partial charge in [0.25, 0.3) is 0 Å². The fourth-order valence-electron chi connectivity index (χ4n) is 1.88. The van der Waals surface area contributed by atoms with E-state index < -0.39 is 0 Å². The predicted octanol–water partition coefficient (Wildman–Crippen LogP) is 1.82. The van der Waals surface area contributed by atoms with Gasteiger partial charge < -0.3 is 5.73 Å². The molecule has 17 heavy (non-hydrogen) atoms. The van der Waals surface area contributed by atoms with Gasteiger partial charge in [-0.15, -0.1) is 0 Å². The number of nitrogens with two attached hydrogens (primary N) is 1. The van der Waals surface area contributed by atoms with Crippen molar-refractivity contribution in [2.24, 2.45) is 5.92 Å². The first-order valence-electron chi connectivity index (χ1n) is 5.37. The third-order valence-electron chi connectivity index (χ3n) is 2.88. The third kappa shape index (κ3) is 2.26. The smallest absolute Gasteiger partial charge is 0.232 e. The second-order valence-electron chi connectivity index (χ2n) is 4.27. The van der Waals surface area contributed by atoms with E-state index in [1.165, 1.54) is 4.90 Å². The number of hydrogen-bond donors (Lipinski definition) is 1. The molecule has 1 aliphatic rings. The molecule has 1 fully saturated rings. The summed E-state index contributed by atoms with van der Waals surface area (Å²) in [5.74, 6) is -0.506. The number of carbonyl (C=O) groups excluding carboxylic acids is 2. The van der Waals surface area contributed by atoms with E-state index in [0.29, 0.717) is 10.7 Å². The highest BCUT2D eigenvalue weighted by atomic mass is 35.5. The zero-order valence-electron chi connectivity index (χ0n) is 9.44. The van der Waals surface area contributed by atoms with Gasteiger partial charge >= 0.3 is 0 Å². The molecule has 0 saturated carbocycles. The van der Waals surface area contributed by atoms with Gasteiger partial charge in [-0.3, -0.25) is 14.5 Å². The number of amides is 2. The topological polar surface area (TPSA) is 63.4 Å². The number of benzene rings is 1. The summed E-state index contributed by atoms with van der Waals surface area (Å²) >= 11 is 6.01. The molecule has 1 atom stereocenters. The molecule has 1 unspecified atom stereocenters.